The normalized spacial score (nSPS) is 15.0. The van der Waals surface area contributed by atoms with Crippen LogP contribution in [0.1, 0.15) is 54.6 Å². The van der Waals surface area contributed by atoms with Crippen LogP contribution in [0.15, 0.2) is 34.4 Å². The maximum atomic E-state index is 13.4. The van der Waals surface area contributed by atoms with Crippen molar-refractivity contribution >= 4 is 11.3 Å². The fourth-order valence-corrected chi connectivity index (χ4v) is 5.29. The van der Waals surface area contributed by atoms with Gasteiger partial charge >= 0.3 is 0 Å². The van der Waals surface area contributed by atoms with Crippen molar-refractivity contribution in [3.63, 3.8) is 0 Å². The lowest BCUT2D eigenvalue weighted by Gasteiger charge is -2.34. The van der Waals surface area contributed by atoms with E-state index in [0.29, 0.717) is 11.6 Å². The van der Waals surface area contributed by atoms with Gasteiger partial charge in [-0.1, -0.05) is 31.4 Å². The number of nitrogens with zero attached hydrogens (tertiary/aromatic N) is 4. The van der Waals surface area contributed by atoms with Crippen LogP contribution < -0.4 is 5.56 Å². The maximum Gasteiger partial charge on any atom is 0.277 e. The lowest BCUT2D eigenvalue weighted by molar-refractivity contribution is 0.138. The van der Waals surface area contributed by atoms with Gasteiger partial charge in [-0.3, -0.25) is 9.69 Å². The Bertz CT molecular complexity index is 1100. The molecule has 0 aliphatic heterocycles. The van der Waals surface area contributed by atoms with Gasteiger partial charge in [-0.05, 0) is 49.9 Å². The maximum absolute atomic E-state index is 13.4. The standard InChI is InChI=1S/C24H29FN4OS/c1-16-17(2)27-28(3)24(30)22(16)23-26-20(15-31-23)14-29(21-7-5-4-6-8-21)13-18-9-11-19(25)12-10-18/h9-12,15,21H,4-8,13-14H2,1-3H3. The third-order valence-electron chi connectivity index (χ3n) is 6.25. The molecule has 0 saturated heterocycles. The average molecular weight is 441 g/mol. The van der Waals surface area contributed by atoms with E-state index in [0.717, 1.165) is 40.6 Å². The first-order valence-electron chi connectivity index (χ1n) is 10.9. The number of hydrogen-bond acceptors (Lipinski definition) is 5. The predicted molar refractivity (Wildman–Crippen MR) is 123 cm³/mol. The fraction of sp³-hybridized carbons (Fsp3) is 0.458. The minimum atomic E-state index is -0.207. The lowest BCUT2D eigenvalue weighted by atomic mass is 9.93. The molecule has 0 amide bonds. The molecule has 1 aromatic carbocycles. The third-order valence-corrected chi connectivity index (χ3v) is 7.15. The summed E-state index contributed by atoms with van der Waals surface area (Å²) in [6.07, 6.45) is 6.16. The summed E-state index contributed by atoms with van der Waals surface area (Å²) in [4.78, 5) is 20.0. The molecule has 4 rings (SSSR count). The van der Waals surface area contributed by atoms with Crippen LogP contribution in [-0.2, 0) is 20.1 Å². The largest absolute Gasteiger partial charge is 0.290 e. The second-order valence-corrected chi connectivity index (χ2v) is 9.34. The van der Waals surface area contributed by atoms with Crippen molar-refractivity contribution in [1.82, 2.24) is 19.7 Å². The molecule has 0 unspecified atom stereocenters. The van der Waals surface area contributed by atoms with Gasteiger partial charge in [0.15, 0.2) is 0 Å². The summed E-state index contributed by atoms with van der Waals surface area (Å²) in [7, 11) is 1.68. The molecule has 0 spiro atoms. The Hall–Kier alpha value is -2.38. The monoisotopic (exact) mass is 440 g/mol. The van der Waals surface area contributed by atoms with E-state index in [4.69, 9.17) is 4.98 Å². The highest BCUT2D eigenvalue weighted by Crippen LogP contribution is 2.29. The van der Waals surface area contributed by atoms with Gasteiger partial charge in [0.2, 0.25) is 0 Å². The van der Waals surface area contributed by atoms with Crippen molar-refractivity contribution in [2.24, 2.45) is 7.05 Å². The summed E-state index contributed by atoms with van der Waals surface area (Å²) in [6.45, 7) is 5.35. The van der Waals surface area contributed by atoms with Crippen molar-refractivity contribution in [1.29, 1.82) is 0 Å². The molecule has 0 radical (unpaired) electrons. The topological polar surface area (TPSA) is 51.0 Å². The van der Waals surface area contributed by atoms with E-state index in [1.165, 1.54) is 60.3 Å². The Morgan fingerprint density at radius 1 is 1.13 bits per heavy atom. The molecule has 0 bridgehead atoms. The number of benzene rings is 1. The molecule has 3 aromatic rings. The van der Waals surface area contributed by atoms with E-state index in [-0.39, 0.29) is 11.4 Å². The van der Waals surface area contributed by atoms with E-state index in [1.807, 2.05) is 26.0 Å². The van der Waals surface area contributed by atoms with Crippen LogP contribution in [0, 0.1) is 19.7 Å². The van der Waals surface area contributed by atoms with Crippen LogP contribution in [0.2, 0.25) is 0 Å². The van der Waals surface area contributed by atoms with E-state index in [1.54, 1.807) is 7.05 Å². The van der Waals surface area contributed by atoms with Gasteiger partial charge in [0, 0.05) is 31.6 Å². The quantitative estimate of drug-likeness (QED) is 0.542. The summed E-state index contributed by atoms with van der Waals surface area (Å²) in [5, 5.41) is 7.09. The highest BCUT2D eigenvalue weighted by Gasteiger charge is 2.23. The van der Waals surface area contributed by atoms with Crippen LogP contribution >= 0.6 is 11.3 Å². The molecule has 2 aromatic heterocycles. The number of halogens is 1. The van der Waals surface area contributed by atoms with Gasteiger partial charge in [-0.25, -0.2) is 14.1 Å². The van der Waals surface area contributed by atoms with E-state index in [2.05, 4.69) is 15.4 Å². The molecule has 31 heavy (non-hydrogen) atoms. The Morgan fingerprint density at radius 2 is 1.84 bits per heavy atom. The highest BCUT2D eigenvalue weighted by molar-refractivity contribution is 7.13. The van der Waals surface area contributed by atoms with Gasteiger partial charge in [0.1, 0.15) is 10.8 Å². The highest BCUT2D eigenvalue weighted by atomic mass is 32.1. The average Bonchev–Trinajstić information content (AvgIpc) is 3.22. The van der Waals surface area contributed by atoms with E-state index >= 15 is 0 Å². The van der Waals surface area contributed by atoms with Gasteiger partial charge in [-0.2, -0.15) is 5.10 Å². The van der Waals surface area contributed by atoms with Gasteiger partial charge in [0.25, 0.3) is 5.56 Å². The Kier molecular flexibility index (Phi) is 6.62. The zero-order valence-corrected chi connectivity index (χ0v) is 19.2. The molecule has 1 aliphatic carbocycles. The van der Waals surface area contributed by atoms with Gasteiger partial charge in [0.05, 0.1) is 17.0 Å². The predicted octanol–water partition coefficient (Wildman–Crippen LogP) is 4.99. The zero-order chi connectivity index (χ0) is 22.0. The molecule has 164 valence electrons. The molecule has 1 saturated carbocycles. The van der Waals surface area contributed by atoms with Crippen molar-refractivity contribution in [3.8, 4) is 10.6 Å². The Labute approximate surface area is 186 Å². The molecule has 1 aliphatic rings. The molecular formula is C24H29FN4OS. The summed E-state index contributed by atoms with van der Waals surface area (Å²) < 4.78 is 14.7. The first kappa shape index (κ1) is 21.8. The Balaban J connectivity index is 1.60. The summed E-state index contributed by atoms with van der Waals surface area (Å²) in [6, 6.07) is 7.29. The zero-order valence-electron chi connectivity index (χ0n) is 18.4. The lowest BCUT2D eigenvalue weighted by Crippen LogP contribution is -2.36. The van der Waals surface area contributed by atoms with Crippen LogP contribution in [0.3, 0.4) is 0 Å². The van der Waals surface area contributed by atoms with Crippen LogP contribution in [-0.4, -0.2) is 25.7 Å². The Morgan fingerprint density at radius 3 is 2.55 bits per heavy atom. The molecule has 5 nitrogen and oxygen atoms in total. The molecule has 2 heterocycles. The van der Waals surface area contributed by atoms with Gasteiger partial charge < -0.3 is 0 Å². The van der Waals surface area contributed by atoms with Crippen LogP contribution in [0.5, 0.6) is 0 Å². The minimum Gasteiger partial charge on any atom is -0.290 e. The van der Waals surface area contributed by atoms with Crippen molar-refractivity contribution < 1.29 is 4.39 Å². The molecule has 7 heteroatoms. The van der Waals surface area contributed by atoms with Crippen molar-refractivity contribution in [2.75, 3.05) is 0 Å². The summed E-state index contributed by atoms with van der Waals surface area (Å²) in [5.74, 6) is -0.207. The van der Waals surface area contributed by atoms with Crippen molar-refractivity contribution in [3.05, 3.63) is 68.3 Å². The molecule has 0 N–H and O–H groups in total. The SMILES string of the molecule is Cc1nn(C)c(=O)c(-c2nc(CN(Cc3ccc(F)cc3)C3CCCCC3)cs2)c1C. The molecule has 0 atom stereocenters. The second kappa shape index (κ2) is 9.40. The summed E-state index contributed by atoms with van der Waals surface area (Å²) >= 11 is 1.52. The number of hydrogen-bond donors (Lipinski definition) is 0. The van der Waals surface area contributed by atoms with Gasteiger partial charge in [-0.15, -0.1) is 11.3 Å². The van der Waals surface area contributed by atoms with Crippen molar-refractivity contribution in [2.45, 2.75) is 65.1 Å². The number of aromatic nitrogens is 3. The van der Waals surface area contributed by atoms with Crippen LogP contribution in [0.25, 0.3) is 10.6 Å². The molecular weight excluding hydrogens is 411 g/mol. The van der Waals surface area contributed by atoms with E-state index in [9.17, 15) is 9.18 Å². The van der Waals surface area contributed by atoms with E-state index < -0.39 is 0 Å². The van der Waals surface area contributed by atoms with Crippen LogP contribution in [0.4, 0.5) is 4.39 Å². The fourth-order valence-electron chi connectivity index (χ4n) is 4.39. The first-order chi connectivity index (χ1) is 14.9. The number of rotatable bonds is 6. The third kappa shape index (κ3) is 4.93. The number of aryl methyl sites for hydroxylation is 2. The summed E-state index contributed by atoms with van der Waals surface area (Å²) in [5.41, 5.74) is 4.35. The smallest absolute Gasteiger partial charge is 0.277 e. The molecule has 1 fully saturated rings. The first-order valence-corrected chi connectivity index (χ1v) is 11.8. The number of thiazole rings is 1. The minimum absolute atomic E-state index is 0.112. The second-order valence-electron chi connectivity index (χ2n) is 8.48.